The quantitative estimate of drug-likeness (QED) is 0.218. The van der Waals surface area contributed by atoms with Crippen LogP contribution in [0.4, 0.5) is 19.0 Å². The lowest BCUT2D eigenvalue weighted by Gasteiger charge is -2.32. The highest BCUT2D eigenvalue weighted by molar-refractivity contribution is 7.91. The summed E-state index contributed by atoms with van der Waals surface area (Å²) in [5, 5.41) is 6.00. The first-order valence-corrected chi connectivity index (χ1v) is 18.3. The molecule has 52 heavy (non-hydrogen) atoms. The van der Waals surface area contributed by atoms with Crippen molar-refractivity contribution >= 4 is 44.3 Å². The number of nitrogens with zero attached hydrogens (tertiary/aromatic N) is 3. The summed E-state index contributed by atoms with van der Waals surface area (Å²) < 4.78 is 78.9. The number of hydrogen-bond donors (Lipinski definition) is 3. The van der Waals surface area contributed by atoms with Crippen LogP contribution in [0.3, 0.4) is 0 Å². The maximum absolute atomic E-state index is 14.1. The molecule has 3 N–H and O–H groups in total. The van der Waals surface area contributed by atoms with E-state index >= 15 is 0 Å². The van der Waals surface area contributed by atoms with E-state index in [0.29, 0.717) is 30.2 Å². The van der Waals surface area contributed by atoms with Gasteiger partial charge in [-0.05, 0) is 67.0 Å². The zero-order valence-corrected chi connectivity index (χ0v) is 29.5. The van der Waals surface area contributed by atoms with Gasteiger partial charge in [-0.1, -0.05) is 19.9 Å². The highest BCUT2D eigenvalue weighted by Crippen LogP contribution is 2.53. The average molecular weight is 745 g/mol. The number of fused-ring (bicyclic) bond motifs is 1. The van der Waals surface area contributed by atoms with E-state index in [1.54, 1.807) is 50.3 Å². The minimum absolute atomic E-state index is 0.00182. The molecule has 3 heterocycles. The van der Waals surface area contributed by atoms with E-state index in [1.165, 1.54) is 6.08 Å². The fourth-order valence-electron chi connectivity index (χ4n) is 6.66. The van der Waals surface area contributed by atoms with Gasteiger partial charge in [-0.3, -0.25) is 29.3 Å². The van der Waals surface area contributed by atoms with Gasteiger partial charge in [0.05, 0.1) is 24.0 Å². The van der Waals surface area contributed by atoms with Crippen LogP contribution >= 0.6 is 0 Å². The van der Waals surface area contributed by atoms with Gasteiger partial charge >= 0.3 is 6.18 Å². The smallest absolute Gasteiger partial charge is 0.417 e. The third-order valence-corrected chi connectivity index (χ3v) is 11.6. The Bertz CT molecular complexity index is 1990. The largest absolute Gasteiger partial charge is 0.497 e. The minimum atomic E-state index is -4.60. The van der Waals surface area contributed by atoms with Crippen LogP contribution in [0.1, 0.15) is 45.1 Å². The molecule has 2 aliphatic carbocycles. The first kappa shape index (κ1) is 37.0. The lowest BCUT2D eigenvalue weighted by molar-refractivity contribution is -0.138. The van der Waals surface area contributed by atoms with Crippen molar-refractivity contribution < 1.29 is 45.4 Å². The second kappa shape index (κ2) is 14.0. The Labute approximate surface area is 298 Å². The van der Waals surface area contributed by atoms with E-state index in [9.17, 15) is 36.0 Å². The van der Waals surface area contributed by atoms with Gasteiger partial charge in [-0.25, -0.2) is 18.4 Å². The standard InChI is InChI=1S/C35H39F3N6O7S/c1-5-21-16-34(21,33(47)43-52(48,49)25-8-9-25)44-18-24(51-32-26-10-7-23(50-4)14-20(26)12-13-39-32)15-27(44)30(45)42-31(46)29(19(2)3)41-28-11-6-22(17-40-28)35(36,37)38/h5-7,10-14,17,19,21,24-25,27,29H,1,8-9,15-16,18H2,2-4H3,(H,40,41)(H,43,47)(H,42,45,46)/t21-,24-,27+,29?,34-/m1/s1. The summed E-state index contributed by atoms with van der Waals surface area (Å²) in [4.78, 5) is 51.3. The number of methoxy groups -OCH3 is 1. The van der Waals surface area contributed by atoms with E-state index < -0.39 is 80.3 Å². The Kier molecular flexibility index (Phi) is 9.95. The molecule has 0 spiro atoms. The molecule has 1 aliphatic heterocycles. The van der Waals surface area contributed by atoms with Gasteiger partial charge in [0.15, 0.2) is 0 Å². The van der Waals surface area contributed by atoms with Gasteiger partial charge in [0.1, 0.15) is 29.3 Å². The van der Waals surface area contributed by atoms with Crippen molar-refractivity contribution in [2.24, 2.45) is 11.8 Å². The Hall–Kier alpha value is -4.77. The molecule has 278 valence electrons. The zero-order valence-electron chi connectivity index (χ0n) is 28.6. The number of alkyl halides is 3. The van der Waals surface area contributed by atoms with Crippen LogP contribution in [0.25, 0.3) is 10.8 Å². The molecule has 2 aromatic heterocycles. The van der Waals surface area contributed by atoms with Crippen LogP contribution in [0.2, 0.25) is 0 Å². The fraction of sp³-hybridized carbons (Fsp3) is 0.457. The van der Waals surface area contributed by atoms with Gasteiger partial charge in [0.25, 0.3) is 5.91 Å². The summed E-state index contributed by atoms with van der Waals surface area (Å²) in [7, 11) is -2.40. The van der Waals surface area contributed by atoms with Crippen molar-refractivity contribution in [2.75, 3.05) is 19.0 Å². The van der Waals surface area contributed by atoms with Gasteiger partial charge in [0.2, 0.25) is 27.7 Å². The number of sulfonamides is 1. The average Bonchev–Trinajstić information content (AvgIpc) is 4.03. The van der Waals surface area contributed by atoms with Crippen LogP contribution in [0.5, 0.6) is 11.6 Å². The van der Waals surface area contributed by atoms with E-state index in [-0.39, 0.29) is 31.1 Å². The molecule has 0 radical (unpaired) electrons. The maximum Gasteiger partial charge on any atom is 0.417 e. The SMILES string of the molecule is C=C[C@@H]1C[C@@]1(C(=O)NS(=O)(=O)C1CC1)N1C[C@H](Oc2nccc3cc(OC)ccc23)C[C@H]1C(=O)NC(=O)C(Nc1ccc(C(F)(F)F)cn1)C(C)C. The molecule has 6 rings (SSSR count). The number of carbonyl (C=O) groups is 3. The molecule has 2 saturated carbocycles. The molecule has 1 saturated heterocycles. The molecule has 1 unspecified atom stereocenters. The number of anilines is 1. The van der Waals surface area contributed by atoms with E-state index in [0.717, 1.165) is 17.5 Å². The van der Waals surface area contributed by atoms with Crippen molar-refractivity contribution in [3.8, 4) is 11.6 Å². The van der Waals surface area contributed by atoms with Crippen molar-refractivity contribution in [3.05, 3.63) is 67.0 Å². The molecule has 17 heteroatoms. The van der Waals surface area contributed by atoms with E-state index in [2.05, 4.69) is 31.9 Å². The van der Waals surface area contributed by atoms with Crippen LogP contribution in [-0.2, 0) is 30.6 Å². The van der Waals surface area contributed by atoms with Gasteiger partial charge in [-0.15, -0.1) is 6.58 Å². The molecule has 3 aliphatic rings. The third-order valence-electron chi connectivity index (χ3n) is 9.74. The molecular formula is C35H39F3N6O7S. The summed E-state index contributed by atoms with van der Waals surface area (Å²) >= 11 is 0. The van der Waals surface area contributed by atoms with Crippen molar-refractivity contribution in [3.63, 3.8) is 0 Å². The predicted octanol–water partition coefficient (Wildman–Crippen LogP) is 3.81. The van der Waals surface area contributed by atoms with E-state index in [4.69, 9.17) is 9.47 Å². The first-order chi connectivity index (χ1) is 24.6. The highest BCUT2D eigenvalue weighted by atomic mass is 32.2. The number of amides is 3. The Morgan fingerprint density at radius 2 is 1.87 bits per heavy atom. The summed E-state index contributed by atoms with van der Waals surface area (Å²) in [6.45, 7) is 7.20. The topological polar surface area (TPSA) is 169 Å². The molecule has 0 bridgehead atoms. The van der Waals surface area contributed by atoms with Crippen molar-refractivity contribution in [2.45, 2.75) is 74.7 Å². The van der Waals surface area contributed by atoms with Crippen molar-refractivity contribution in [1.82, 2.24) is 24.9 Å². The summed E-state index contributed by atoms with van der Waals surface area (Å²) in [6.07, 6.45) is -0.541. The third kappa shape index (κ3) is 7.42. The lowest BCUT2D eigenvalue weighted by atomic mass is 10.0. The number of pyridine rings is 2. The Morgan fingerprint density at radius 1 is 1.12 bits per heavy atom. The molecule has 1 aromatic carbocycles. The number of likely N-dealkylation sites (tertiary alicyclic amines) is 1. The molecule has 5 atom stereocenters. The Morgan fingerprint density at radius 3 is 2.46 bits per heavy atom. The van der Waals surface area contributed by atoms with E-state index in [1.807, 2.05) is 6.07 Å². The monoisotopic (exact) mass is 744 g/mol. The molecule has 3 fully saturated rings. The van der Waals surface area contributed by atoms with Crippen LogP contribution in [-0.4, -0.2) is 83.6 Å². The van der Waals surface area contributed by atoms with Gasteiger partial charge in [0, 0.05) is 36.7 Å². The second-order valence-electron chi connectivity index (χ2n) is 13.6. The second-order valence-corrected chi connectivity index (χ2v) is 15.6. The zero-order chi connectivity index (χ0) is 37.6. The number of hydrogen-bond acceptors (Lipinski definition) is 11. The number of ether oxygens (including phenoxy) is 2. The number of halogens is 3. The molecule has 3 amide bonds. The van der Waals surface area contributed by atoms with Crippen LogP contribution in [0.15, 0.2) is 61.4 Å². The summed E-state index contributed by atoms with van der Waals surface area (Å²) in [6, 6.07) is 6.81. The van der Waals surface area contributed by atoms with Gasteiger partial charge < -0.3 is 14.8 Å². The number of rotatable bonds is 13. The predicted molar refractivity (Wildman–Crippen MR) is 184 cm³/mol. The fourth-order valence-corrected chi connectivity index (χ4v) is 8.02. The molecule has 13 nitrogen and oxygen atoms in total. The van der Waals surface area contributed by atoms with Crippen LogP contribution < -0.4 is 24.8 Å². The number of nitrogens with one attached hydrogen (secondary N) is 3. The number of imide groups is 1. The number of benzene rings is 1. The number of carbonyl (C=O) groups excluding carboxylic acids is 3. The minimum Gasteiger partial charge on any atom is -0.497 e. The maximum atomic E-state index is 14.1. The van der Waals surface area contributed by atoms with Crippen LogP contribution in [0, 0.1) is 11.8 Å². The summed E-state index contributed by atoms with van der Waals surface area (Å²) in [5.74, 6) is -2.41. The molecular weight excluding hydrogens is 705 g/mol. The van der Waals surface area contributed by atoms with Crippen molar-refractivity contribution in [1.29, 1.82) is 0 Å². The molecule has 3 aromatic rings. The summed E-state index contributed by atoms with van der Waals surface area (Å²) in [5.41, 5.74) is -2.43. The Balaban J connectivity index is 1.27. The first-order valence-electron chi connectivity index (χ1n) is 16.8. The van der Waals surface area contributed by atoms with Gasteiger partial charge in [-0.2, -0.15) is 13.2 Å². The highest BCUT2D eigenvalue weighted by Gasteiger charge is 2.67. The lowest BCUT2D eigenvalue weighted by Crippen LogP contribution is -2.58. The number of aromatic nitrogens is 2. The normalized spacial score (nSPS) is 23.9.